The van der Waals surface area contributed by atoms with E-state index in [1.54, 1.807) is 10.6 Å². The zero-order valence-electron chi connectivity index (χ0n) is 15.3. The molecule has 1 aromatic heterocycles. The van der Waals surface area contributed by atoms with Crippen molar-refractivity contribution in [1.82, 2.24) is 4.57 Å². The van der Waals surface area contributed by atoms with E-state index in [0.717, 1.165) is 24.1 Å². The third-order valence-electron chi connectivity index (χ3n) is 3.84. The number of benzene rings is 1. The van der Waals surface area contributed by atoms with Crippen LogP contribution < -0.4 is 5.43 Å². The van der Waals surface area contributed by atoms with E-state index in [1.165, 1.54) is 0 Å². The molecule has 4 nitrogen and oxygen atoms in total. The van der Waals surface area contributed by atoms with E-state index in [4.69, 9.17) is 4.74 Å². The fourth-order valence-corrected chi connectivity index (χ4v) is 2.96. The third kappa shape index (κ3) is 3.69. The zero-order valence-corrected chi connectivity index (χ0v) is 15.3. The molecule has 2 rings (SSSR count). The van der Waals surface area contributed by atoms with Crippen molar-refractivity contribution in [1.29, 1.82) is 0 Å². The topological polar surface area (TPSA) is 48.3 Å². The van der Waals surface area contributed by atoms with E-state index >= 15 is 0 Å². The predicted molar refractivity (Wildman–Crippen MR) is 97.8 cm³/mol. The van der Waals surface area contributed by atoms with Gasteiger partial charge in [-0.25, -0.2) is 9.36 Å². The first-order valence-electron chi connectivity index (χ1n) is 8.69. The monoisotopic (exact) mass is 329 g/mol. The number of carbonyl (C=O) groups excluding carboxylic acids is 1. The molecule has 0 fully saturated rings. The van der Waals surface area contributed by atoms with E-state index in [-0.39, 0.29) is 5.43 Å². The van der Waals surface area contributed by atoms with Crippen LogP contribution in [0.3, 0.4) is 0 Å². The lowest BCUT2D eigenvalue weighted by Gasteiger charge is -2.24. The van der Waals surface area contributed by atoms with Crippen LogP contribution in [-0.4, -0.2) is 16.3 Å². The molecule has 0 N–H and O–H groups in total. The number of pyridine rings is 1. The van der Waals surface area contributed by atoms with Gasteiger partial charge in [0.15, 0.2) is 5.43 Å². The van der Waals surface area contributed by atoms with Crippen LogP contribution in [0, 0.1) is 0 Å². The Labute approximate surface area is 143 Å². The zero-order chi connectivity index (χ0) is 17.9. The maximum absolute atomic E-state index is 12.9. The van der Waals surface area contributed by atoms with Crippen molar-refractivity contribution < 1.29 is 9.53 Å². The molecule has 24 heavy (non-hydrogen) atoms. The highest BCUT2D eigenvalue weighted by Crippen LogP contribution is 2.21. The second-order valence-electron chi connectivity index (χ2n) is 7.09. The van der Waals surface area contributed by atoms with Gasteiger partial charge in [0.25, 0.3) is 0 Å². The van der Waals surface area contributed by atoms with Gasteiger partial charge in [0, 0.05) is 16.6 Å². The number of para-hydroxylation sites is 1. The first-order valence-corrected chi connectivity index (χ1v) is 8.69. The molecule has 0 aliphatic heterocycles. The number of carbonyl (C=O) groups is 1. The van der Waals surface area contributed by atoms with Crippen molar-refractivity contribution in [2.75, 3.05) is 0 Å². The first-order chi connectivity index (χ1) is 11.3. The second kappa shape index (κ2) is 7.20. The molecule has 0 radical (unpaired) electrons. The van der Waals surface area contributed by atoms with Crippen LogP contribution in [0.25, 0.3) is 10.9 Å². The fourth-order valence-electron chi connectivity index (χ4n) is 2.96. The van der Waals surface area contributed by atoms with Crippen molar-refractivity contribution in [3.63, 3.8) is 0 Å². The van der Waals surface area contributed by atoms with Crippen molar-refractivity contribution in [2.45, 2.75) is 65.9 Å². The van der Waals surface area contributed by atoms with Gasteiger partial charge in [0.1, 0.15) is 5.60 Å². The summed E-state index contributed by atoms with van der Waals surface area (Å²) in [6, 6.07) is 7.28. The van der Waals surface area contributed by atoms with Crippen LogP contribution in [0.5, 0.6) is 0 Å². The van der Waals surface area contributed by atoms with Crippen molar-refractivity contribution in [2.24, 2.45) is 0 Å². The maximum Gasteiger partial charge on any atom is 0.419 e. The molecule has 0 unspecified atom stereocenters. The molecule has 130 valence electrons. The first kappa shape index (κ1) is 18.2. The SMILES string of the molecule is CCCc1c(CCC)n(C(=O)OC(C)(C)C)c2ccccc2c1=O. The summed E-state index contributed by atoms with van der Waals surface area (Å²) >= 11 is 0. The summed E-state index contributed by atoms with van der Waals surface area (Å²) in [5.74, 6) is 0. The van der Waals surface area contributed by atoms with Crippen LogP contribution in [0.2, 0.25) is 0 Å². The highest BCUT2D eigenvalue weighted by Gasteiger charge is 2.24. The molecule has 0 amide bonds. The Balaban J connectivity index is 2.83. The summed E-state index contributed by atoms with van der Waals surface area (Å²) < 4.78 is 7.22. The molecule has 0 aliphatic rings. The van der Waals surface area contributed by atoms with Gasteiger partial charge in [-0.2, -0.15) is 0 Å². The summed E-state index contributed by atoms with van der Waals surface area (Å²) in [6.45, 7) is 9.64. The van der Waals surface area contributed by atoms with E-state index in [0.29, 0.717) is 23.7 Å². The molecular formula is C20H27NO3. The van der Waals surface area contributed by atoms with E-state index in [9.17, 15) is 9.59 Å². The molecule has 0 bridgehead atoms. The quantitative estimate of drug-likeness (QED) is 0.817. The number of hydrogen-bond donors (Lipinski definition) is 0. The molecule has 1 aromatic carbocycles. The van der Waals surface area contributed by atoms with Crippen molar-refractivity contribution in [3.05, 3.63) is 45.7 Å². The highest BCUT2D eigenvalue weighted by atomic mass is 16.6. The Morgan fingerprint density at radius 2 is 1.71 bits per heavy atom. The summed E-state index contributed by atoms with van der Waals surface area (Å²) in [5, 5.41) is 0.576. The molecule has 0 saturated carbocycles. The second-order valence-corrected chi connectivity index (χ2v) is 7.09. The largest absolute Gasteiger partial charge is 0.443 e. The molecule has 2 aromatic rings. The van der Waals surface area contributed by atoms with Gasteiger partial charge < -0.3 is 4.74 Å². The van der Waals surface area contributed by atoms with Gasteiger partial charge in [-0.3, -0.25) is 4.79 Å². The highest BCUT2D eigenvalue weighted by molar-refractivity contribution is 5.89. The van der Waals surface area contributed by atoms with E-state index < -0.39 is 11.7 Å². The van der Waals surface area contributed by atoms with Gasteiger partial charge in [0.05, 0.1) is 5.52 Å². The molecule has 1 heterocycles. The molecule has 0 aliphatic carbocycles. The Kier molecular flexibility index (Phi) is 5.47. The minimum Gasteiger partial charge on any atom is -0.443 e. The van der Waals surface area contributed by atoms with Crippen LogP contribution in [-0.2, 0) is 17.6 Å². The van der Waals surface area contributed by atoms with Gasteiger partial charge in [-0.1, -0.05) is 38.8 Å². The number of hydrogen-bond acceptors (Lipinski definition) is 3. The number of nitrogens with zero attached hydrogens (tertiary/aromatic N) is 1. The average Bonchev–Trinajstić information content (AvgIpc) is 2.50. The van der Waals surface area contributed by atoms with Gasteiger partial charge in [-0.05, 0) is 45.7 Å². The van der Waals surface area contributed by atoms with Gasteiger partial charge >= 0.3 is 6.09 Å². The van der Waals surface area contributed by atoms with E-state index in [2.05, 4.69) is 6.92 Å². The lowest BCUT2D eigenvalue weighted by atomic mass is 10.0. The number of aromatic nitrogens is 1. The molecule has 0 atom stereocenters. The number of fused-ring (bicyclic) bond motifs is 1. The average molecular weight is 329 g/mol. The van der Waals surface area contributed by atoms with Crippen molar-refractivity contribution >= 4 is 17.0 Å². The lowest BCUT2D eigenvalue weighted by Crippen LogP contribution is -2.31. The van der Waals surface area contributed by atoms with Crippen LogP contribution in [0.1, 0.15) is 58.7 Å². The van der Waals surface area contributed by atoms with E-state index in [1.807, 2.05) is 45.9 Å². The Morgan fingerprint density at radius 1 is 1.08 bits per heavy atom. The molecule has 0 saturated heterocycles. The Morgan fingerprint density at radius 3 is 2.29 bits per heavy atom. The summed E-state index contributed by atoms with van der Waals surface area (Å²) in [7, 11) is 0. The third-order valence-corrected chi connectivity index (χ3v) is 3.84. The lowest BCUT2D eigenvalue weighted by molar-refractivity contribution is 0.0538. The summed E-state index contributed by atoms with van der Waals surface area (Å²) in [5.41, 5.74) is 1.60. The smallest absolute Gasteiger partial charge is 0.419 e. The fraction of sp³-hybridized carbons (Fsp3) is 0.500. The number of ether oxygens (including phenoxy) is 1. The summed E-state index contributed by atoms with van der Waals surface area (Å²) in [6.07, 6.45) is 2.64. The van der Waals surface area contributed by atoms with Crippen molar-refractivity contribution in [3.8, 4) is 0 Å². The minimum absolute atomic E-state index is 0.0377. The maximum atomic E-state index is 12.9. The van der Waals surface area contributed by atoms with Crippen LogP contribution >= 0.6 is 0 Å². The van der Waals surface area contributed by atoms with Gasteiger partial charge in [-0.15, -0.1) is 0 Å². The molecule has 0 spiro atoms. The normalized spacial score (nSPS) is 11.7. The summed E-state index contributed by atoms with van der Waals surface area (Å²) in [4.78, 5) is 25.8. The molecule has 4 heteroatoms. The standard InChI is InChI=1S/C20H27NO3/c1-6-10-14-16(11-7-2)21(19(23)24-20(3,4)5)17-13-9-8-12-15(17)18(14)22/h8-9,12-13H,6-7,10-11H2,1-5H3. The van der Waals surface area contributed by atoms with Crippen LogP contribution in [0.4, 0.5) is 4.79 Å². The Hall–Kier alpha value is -2.10. The predicted octanol–water partition coefficient (Wildman–Crippen LogP) is 4.69. The minimum atomic E-state index is -0.588. The molecular weight excluding hydrogens is 302 g/mol. The Bertz CT molecular complexity index is 797. The van der Waals surface area contributed by atoms with Crippen LogP contribution in [0.15, 0.2) is 29.1 Å². The number of rotatable bonds is 4. The van der Waals surface area contributed by atoms with Gasteiger partial charge in [0.2, 0.25) is 0 Å².